The molecule has 0 bridgehead atoms. The first-order valence-corrected chi connectivity index (χ1v) is 7.01. The normalized spacial score (nSPS) is 23.4. The number of fused-ring (bicyclic) bond motifs is 1. The molecule has 1 aromatic carbocycles. The largest absolute Gasteiger partial charge is 0.379 e. The highest BCUT2D eigenvalue weighted by Crippen LogP contribution is 2.27. The first kappa shape index (κ1) is 12.4. The van der Waals surface area contributed by atoms with Crippen LogP contribution in [0.5, 0.6) is 0 Å². The van der Waals surface area contributed by atoms with Crippen LogP contribution in [0.3, 0.4) is 0 Å². The third-order valence-electron chi connectivity index (χ3n) is 3.99. The van der Waals surface area contributed by atoms with Crippen molar-refractivity contribution in [1.82, 2.24) is 4.98 Å². The number of hydrogen-bond donors (Lipinski definition) is 1. The van der Waals surface area contributed by atoms with Gasteiger partial charge in [-0.05, 0) is 37.1 Å². The topological polar surface area (TPSA) is 34.1 Å². The van der Waals surface area contributed by atoms with Crippen LogP contribution in [-0.4, -0.2) is 24.2 Å². The molecule has 0 aliphatic heterocycles. The highest BCUT2D eigenvalue weighted by atomic mass is 16.5. The minimum absolute atomic E-state index is 0.320. The van der Waals surface area contributed by atoms with Gasteiger partial charge in [-0.25, -0.2) is 0 Å². The van der Waals surface area contributed by atoms with Gasteiger partial charge in [0.2, 0.25) is 0 Å². The lowest BCUT2D eigenvalue weighted by Crippen LogP contribution is -2.37. The SMILES string of the molecule is COC1CCCCC1Nc1cccc2ncccc12. The maximum absolute atomic E-state index is 5.61. The van der Waals surface area contributed by atoms with E-state index in [1.165, 1.54) is 30.3 Å². The Labute approximate surface area is 114 Å². The van der Waals surface area contributed by atoms with Crippen molar-refractivity contribution in [1.29, 1.82) is 0 Å². The van der Waals surface area contributed by atoms with E-state index >= 15 is 0 Å². The minimum atomic E-state index is 0.320. The van der Waals surface area contributed by atoms with Crippen LogP contribution < -0.4 is 5.32 Å². The third kappa shape index (κ3) is 2.56. The van der Waals surface area contributed by atoms with E-state index in [0.717, 1.165) is 11.9 Å². The molecule has 3 rings (SSSR count). The van der Waals surface area contributed by atoms with Crippen LogP contribution in [0.15, 0.2) is 36.5 Å². The number of anilines is 1. The molecule has 3 nitrogen and oxygen atoms in total. The zero-order chi connectivity index (χ0) is 13.1. The molecule has 0 saturated heterocycles. The fraction of sp³-hybridized carbons (Fsp3) is 0.438. The van der Waals surface area contributed by atoms with Crippen molar-refractivity contribution >= 4 is 16.6 Å². The monoisotopic (exact) mass is 256 g/mol. The van der Waals surface area contributed by atoms with Crippen LogP contribution in [0.4, 0.5) is 5.69 Å². The van der Waals surface area contributed by atoms with E-state index in [4.69, 9.17) is 4.74 Å². The first-order chi connectivity index (χ1) is 9.38. The quantitative estimate of drug-likeness (QED) is 0.911. The van der Waals surface area contributed by atoms with E-state index in [1.54, 1.807) is 0 Å². The second-order valence-electron chi connectivity index (χ2n) is 5.19. The van der Waals surface area contributed by atoms with Crippen LogP contribution in [0.25, 0.3) is 10.9 Å². The average molecular weight is 256 g/mol. The van der Waals surface area contributed by atoms with E-state index in [-0.39, 0.29) is 0 Å². The number of rotatable bonds is 3. The molecule has 19 heavy (non-hydrogen) atoms. The Morgan fingerprint density at radius 3 is 2.95 bits per heavy atom. The van der Waals surface area contributed by atoms with E-state index in [1.807, 2.05) is 19.4 Å². The Morgan fingerprint density at radius 1 is 1.16 bits per heavy atom. The predicted molar refractivity (Wildman–Crippen MR) is 78.4 cm³/mol. The van der Waals surface area contributed by atoms with Gasteiger partial charge in [0.05, 0.1) is 17.7 Å². The van der Waals surface area contributed by atoms with Gasteiger partial charge in [-0.15, -0.1) is 0 Å². The number of pyridine rings is 1. The third-order valence-corrected chi connectivity index (χ3v) is 3.99. The Balaban J connectivity index is 1.88. The van der Waals surface area contributed by atoms with Crippen molar-refractivity contribution in [2.45, 2.75) is 37.8 Å². The lowest BCUT2D eigenvalue weighted by Gasteiger charge is -2.32. The van der Waals surface area contributed by atoms with Gasteiger partial charge >= 0.3 is 0 Å². The van der Waals surface area contributed by atoms with Gasteiger partial charge in [-0.3, -0.25) is 4.98 Å². The standard InChI is InChI=1S/C16H20N2O/c1-19-16-10-3-2-7-15(16)18-14-9-4-8-13-12(14)6-5-11-17-13/h4-6,8-9,11,15-16,18H,2-3,7,10H2,1H3. The lowest BCUT2D eigenvalue weighted by molar-refractivity contribution is 0.0606. The summed E-state index contributed by atoms with van der Waals surface area (Å²) in [5, 5.41) is 4.85. The molecule has 2 aromatic rings. The molecule has 2 atom stereocenters. The second-order valence-corrected chi connectivity index (χ2v) is 5.19. The molecule has 1 heterocycles. The number of aromatic nitrogens is 1. The zero-order valence-corrected chi connectivity index (χ0v) is 11.3. The summed E-state index contributed by atoms with van der Waals surface area (Å²) in [6, 6.07) is 10.8. The van der Waals surface area contributed by atoms with E-state index in [2.05, 4.69) is 34.6 Å². The summed E-state index contributed by atoms with van der Waals surface area (Å²) in [6.07, 6.45) is 7.03. The molecule has 1 fully saturated rings. The van der Waals surface area contributed by atoms with Crippen molar-refractivity contribution in [2.75, 3.05) is 12.4 Å². The molecule has 0 spiro atoms. The van der Waals surface area contributed by atoms with E-state index in [0.29, 0.717) is 12.1 Å². The number of benzene rings is 1. The van der Waals surface area contributed by atoms with Gasteiger partial charge in [-0.2, -0.15) is 0 Å². The average Bonchev–Trinajstić information content (AvgIpc) is 2.48. The summed E-state index contributed by atoms with van der Waals surface area (Å²) in [4.78, 5) is 4.40. The van der Waals surface area contributed by atoms with Gasteiger partial charge in [0.15, 0.2) is 0 Å². The lowest BCUT2D eigenvalue weighted by atomic mass is 9.92. The molecule has 0 amide bonds. The van der Waals surface area contributed by atoms with Crippen LogP contribution in [-0.2, 0) is 4.74 Å². The molecule has 1 saturated carbocycles. The number of nitrogens with zero attached hydrogens (tertiary/aromatic N) is 1. The number of hydrogen-bond acceptors (Lipinski definition) is 3. The molecule has 2 unspecified atom stereocenters. The Morgan fingerprint density at radius 2 is 2.05 bits per heavy atom. The molecule has 100 valence electrons. The molecular weight excluding hydrogens is 236 g/mol. The molecule has 1 aliphatic rings. The maximum atomic E-state index is 5.61. The molecule has 3 heteroatoms. The van der Waals surface area contributed by atoms with Crippen molar-refractivity contribution in [3.8, 4) is 0 Å². The summed E-state index contributed by atoms with van der Waals surface area (Å²) >= 11 is 0. The molecular formula is C16H20N2O. The Hall–Kier alpha value is -1.61. The van der Waals surface area contributed by atoms with Crippen molar-refractivity contribution in [2.24, 2.45) is 0 Å². The van der Waals surface area contributed by atoms with Gasteiger partial charge in [0, 0.05) is 24.4 Å². The molecule has 1 N–H and O–H groups in total. The Kier molecular flexibility index (Phi) is 3.65. The van der Waals surface area contributed by atoms with Gasteiger partial charge < -0.3 is 10.1 Å². The fourth-order valence-electron chi connectivity index (χ4n) is 2.97. The summed E-state index contributed by atoms with van der Waals surface area (Å²) in [7, 11) is 1.81. The fourth-order valence-corrected chi connectivity index (χ4v) is 2.97. The Bertz CT molecular complexity index is 550. The highest BCUT2D eigenvalue weighted by Gasteiger charge is 2.24. The number of methoxy groups -OCH3 is 1. The highest BCUT2D eigenvalue weighted by molar-refractivity contribution is 5.91. The summed E-state index contributed by atoms with van der Waals surface area (Å²) in [5.74, 6) is 0. The van der Waals surface area contributed by atoms with Crippen molar-refractivity contribution in [3.05, 3.63) is 36.5 Å². The van der Waals surface area contributed by atoms with Crippen LogP contribution in [0.1, 0.15) is 25.7 Å². The summed E-state index contributed by atoms with van der Waals surface area (Å²) in [5.41, 5.74) is 2.21. The molecule has 1 aliphatic carbocycles. The predicted octanol–water partition coefficient (Wildman–Crippen LogP) is 3.60. The van der Waals surface area contributed by atoms with Gasteiger partial charge in [-0.1, -0.05) is 18.9 Å². The van der Waals surface area contributed by atoms with E-state index < -0.39 is 0 Å². The van der Waals surface area contributed by atoms with Crippen LogP contribution in [0.2, 0.25) is 0 Å². The van der Waals surface area contributed by atoms with E-state index in [9.17, 15) is 0 Å². The maximum Gasteiger partial charge on any atom is 0.0772 e. The van der Waals surface area contributed by atoms with Gasteiger partial charge in [0.25, 0.3) is 0 Å². The molecule has 0 radical (unpaired) electrons. The molecule has 1 aromatic heterocycles. The number of ether oxygens (including phenoxy) is 1. The first-order valence-electron chi connectivity index (χ1n) is 7.01. The zero-order valence-electron chi connectivity index (χ0n) is 11.3. The van der Waals surface area contributed by atoms with Crippen LogP contribution >= 0.6 is 0 Å². The van der Waals surface area contributed by atoms with Gasteiger partial charge in [0.1, 0.15) is 0 Å². The summed E-state index contributed by atoms with van der Waals surface area (Å²) < 4.78 is 5.61. The number of nitrogens with one attached hydrogen (secondary N) is 1. The minimum Gasteiger partial charge on any atom is -0.379 e. The summed E-state index contributed by atoms with van der Waals surface area (Å²) in [6.45, 7) is 0. The second kappa shape index (κ2) is 5.57. The van der Waals surface area contributed by atoms with Crippen LogP contribution in [0, 0.1) is 0 Å². The van der Waals surface area contributed by atoms with Crippen molar-refractivity contribution < 1.29 is 4.74 Å². The van der Waals surface area contributed by atoms with Crippen molar-refractivity contribution in [3.63, 3.8) is 0 Å². The smallest absolute Gasteiger partial charge is 0.0772 e.